The fourth-order valence-electron chi connectivity index (χ4n) is 4.55. The normalized spacial score (nSPS) is 12.7. The Balaban J connectivity index is 1.50. The molecule has 0 fully saturated rings. The van der Waals surface area contributed by atoms with Gasteiger partial charge in [0.15, 0.2) is 18.1 Å². The van der Waals surface area contributed by atoms with Crippen molar-refractivity contribution in [2.24, 2.45) is 0 Å². The number of rotatable bonds is 12. The average molecular weight is 577 g/mol. The van der Waals surface area contributed by atoms with Crippen LogP contribution in [0.15, 0.2) is 54.6 Å². The predicted octanol–water partition coefficient (Wildman–Crippen LogP) is 6.24. The highest BCUT2D eigenvalue weighted by Crippen LogP contribution is 2.40. The summed E-state index contributed by atoms with van der Waals surface area (Å²) in [7, 11) is 0. The van der Waals surface area contributed by atoms with Crippen molar-refractivity contribution >= 4 is 23.2 Å². The van der Waals surface area contributed by atoms with Crippen LogP contribution < -0.4 is 33.9 Å². The van der Waals surface area contributed by atoms with E-state index in [1.54, 1.807) is 35.2 Å². The van der Waals surface area contributed by atoms with E-state index in [1.807, 2.05) is 32.9 Å². The summed E-state index contributed by atoms with van der Waals surface area (Å²) in [5, 5.41) is 2.92. The highest BCUT2D eigenvalue weighted by atomic mass is 16.5. The number of benzene rings is 3. The van der Waals surface area contributed by atoms with Crippen molar-refractivity contribution in [2.45, 2.75) is 47.0 Å². The third-order valence-electron chi connectivity index (χ3n) is 6.64. The molecule has 1 aliphatic rings. The molecule has 3 aromatic rings. The number of carbonyl (C=O) groups is 2. The maximum Gasteiger partial charge on any atom is 0.265 e. The summed E-state index contributed by atoms with van der Waals surface area (Å²) in [6, 6.07) is 16.5. The van der Waals surface area contributed by atoms with E-state index in [9.17, 15) is 9.59 Å². The number of anilines is 2. The molecule has 2 amide bonds. The summed E-state index contributed by atoms with van der Waals surface area (Å²) in [5.41, 5.74) is 2.69. The van der Waals surface area contributed by atoms with Crippen LogP contribution in [-0.2, 0) is 10.2 Å². The first-order valence-electron chi connectivity index (χ1n) is 14.3. The van der Waals surface area contributed by atoms with Gasteiger partial charge < -0.3 is 33.9 Å². The molecule has 0 bridgehead atoms. The number of hydrogen-bond donors (Lipinski definition) is 1. The van der Waals surface area contributed by atoms with Gasteiger partial charge in [0, 0.05) is 11.3 Å². The molecule has 42 heavy (non-hydrogen) atoms. The zero-order valence-corrected chi connectivity index (χ0v) is 25.2. The predicted molar refractivity (Wildman–Crippen MR) is 163 cm³/mol. The van der Waals surface area contributed by atoms with Gasteiger partial charge in [-0.3, -0.25) is 9.59 Å². The second kappa shape index (κ2) is 13.5. The van der Waals surface area contributed by atoms with E-state index in [0.717, 1.165) is 5.75 Å². The summed E-state index contributed by atoms with van der Waals surface area (Å²) >= 11 is 0. The number of hydrogen-bond acceptors (Lipinski definition) is 7. The molecule has 0 unspecified atom stereocenters. The first-order valence-corrected chi connectivity index (χ1v) is 14.3. The second-order valence-corrected chi connectivity index (χ2v) is 10.7. The fourth-order valence-corrected chi connectivity index (χ4v) is 4.55. The van der Waals surface area contributed by atoms with E-state index in [-0.39, 0.29) is 23.8 Å². The minimum Gasteiger partial charge on any atom is -0.492 e. The van der Waals surface area contributed by atoms with Crippen molar-refractivity contribution in [3.8, 4) is 28.7 Å². The Morgan fingerprint density at radius 3 is 2.12 bits per heavy atom. The number of nitrogens with zero attached hydrogens (tertiary/aromatic N) is 1. The third-order valence-corrected chi connectivity index (χ3v) is 6.64. The molecule has 4 rings (SSSR count). The lowest BCUT2D eigenvalue weighted by molar-refractivity contribution is -0.121. The van der Waals surface area contributed by atoms with Crippen LogP contribution in [0.25, 0.3) is 0 Å². The van der Waals surface area contributed by atoms with Gasteiger partial charge in [-0.25, -0.2) is 0 Å². The van der Waals surface area contributed by atoms with Gasteiger partial charge in [-0.2, -0.15) is 0 Å². The largest absolute Gasteiger partial charge is 0.492 e. The highest BCUT2D eigenvalue weighted by molar-refractivity contribution is 6.06. The Morgan fingerprint density at radius 1 is 0.881 bits per heavy atom. The molecular formula is C33H40N2O7. The Morgan fingerprint density at radius 2 is 1.52 bits per heavy atom. The van der Waals surface area contributed by atoms with Gasteiger partial charge >= 0.3 is 0 Å². The van der Waals surface area contributed by atoms with Crippen LogP contribution in [0.2, 0.25) is 0 Å². The van der Waals surface area contributed by atoms with E-state index < -0.39 is 0 Å². The maximum absolute atomic E-state index is 13.3. The smallest absolute Gasteiger partial charge is 0.265 e. The molecule has 0 saturated heterocycles. The van der Waals surface area contributed by atoms with Gasteiger partial charge in [0.25, 0.3) is 11.8 Å². The molecule has 0 aromatic heterocycles. The molecule has 1 aliphatic heterocycles. The van der Waals surface area contributed by atoms with Crippen LogP contribution >= 0.6 is 0 Å². The Kier molecular flexibility index (Phi) is 9.83. The zero-order valence-electron chi connectivity index (χ0n) is 25.2. The van der Waals surface area contributed by atoms with Crippen LogP contribution in [0.3, 0.4) is 0 Å². The molecule has 3 aromatic carbocycles. The maximum atomic E-state index is 13.3. The molecule has 1 N–H and O–H groups in total. The van der Waals surface area contributed by atoms with Crippen LogP contribution in [0.4, 0.5) is 11.4 Å². The van der Waals surface area contributed by atoms with Crippen LogP contribution in [0.5, 0.6) is 28.7 Å². The number of amides is 2. The van der Waals surface area contributed by atoms with Crippen molar-refractivity contribution in [3.63, 3.8) is 0 Å². The molecule has 9 heteroatoms. The zero-order chi connectivity index (χ0) is 30.3. The lowest BCUT2D eigenvalue weighted by Gasteiger charge is -2.29. The Hall–Kier alpha value is -4.40. The topological polar surface area (TPSA) is 95.6 Å². The summed E-state index contributed by atoms with van der Waals surface area (Å²) < 4.78 is 28.8. The van der Waals surface area contributed by atoms with Gasteiger partial charge in [-0.1, -0.05) is 32.9 Å². The average Bonchev–Trinajstić information content (AvgIpc) is 2.96. The molecule has 0 radical (unpaired) electrons. The number of nitrogens with one attached hydrogen (secondary N) is 1. The summed E-state index contributed by atoms with van der Waals surface area (Å²) in [6.45, 7) is 13.9. The second-order valence-electron chi connectivity index (χ2n) is 10.7. The third kappa shape index (κ3) is 7.26. The van der Waals surface area contributed by atoms with Crippen molar-refractivity contribution < 1.29 is 33.3 Å². The van der Waals surface area contributed by atoms with E-state index in [0.29, 0.717) is 72.9 Å². The number of carbonyl (C=O) groups excluding carboxylic acids is 2. The van der Waals surface area contributed by atoms with Crippen molar-refractivity contribution in [3.05, 3.63) is 65.7 Å². The van der Waals surface area contributed by atoms with E-state index >= 15 is 0 Å². The molecule has 9 nitrogen and oxygen atoms in total. The lowest BCUT2D eigenvalue weighted by Crippen LogP contribution is -2.41. The summed E-state index contributed by atoms with van der Waals surface area (Å²) in [6.07, 6.45) is 0. The van der Waals surface area contributed by atoms with Gasteiger partial charge in [0.05, 0.1) is 32.1 Å². The standard InChI is InChI=1S/C33H40N2O7/c1-7-38-28-18-22(19-29(39-8-2)31(28)40-9-3)32(37)34-24-12-15-27-26(20-24)35(30(36)21-42-27)16-17-41-25-13-10-23(11-14-25)33(4,5)6/h10-15,18-20H,7-9,16-17,21H2,1-6H3,(H,34,37). The van der Waals surface area contributed by atoms with Crippen molar-refractivity contribution in [1.29, 1.82) is 0 Å². The summed E-state index contributed by atoms with van der Waals surface area (Å²) in [4.78, 5) is 27.8. The number of fused-ring (bicyclic) bond motifs is 1. The van der Waals surface area contributed by atoms with Crippen molar-refractivity contribution in [2.75, 3.05) is 49.8 Å². The molecule has 0 saturated carbocycles. The Labute approximate surface area is 247 Å². The van der Waals surface area contributed by atoms with Gasteiger partial charge in [0.2, 0.25) is 5.75 Å². The molecular weight excluding hydrogens is 536 g/mol. The monoisotopic (exact) mass is 576 g/mol. The molecule has 224 valence electrons. The van der Waals surface area contributed by atoms with E-state index in [2.05, 4.69) is 38.2 Å². The Bertz CT molecular complexity index is 1370. The lowest BCUT2D eigenvalue weighted by atomic mass is 9.87. The SMILES string of the molecule is CCOc1cc(C(=O)Nc2ccc3c(c2)N(CCOc2ccc(C(C)(C)C)cc2)C(=O)CO3)cc(OCC)c1OCC. The van der Waals surface area contributed by atoms with Crippen molar-refractivity contribution in [1.82, 2.24) is 0 Å². The molecule has 0 atom stereocenters. The quantitative estimate of drug-likeness (QED) is 0.273. The highest BCUT2D eigenvalue weighted by Gasteiger charge is 2.26. The first kappa shape index (κ1) is 30.6. The fraction of sp³-hybridized carbons (Fsp3) is 0.394. The van der Waals surface area contributed by atoms with Gasteiger partial charge in [0.1, 0.15) is 18.1 Å². The van der Waals surface area contributed by atoms with E-state index in [4.69, 9.17) is 23.7 Å². The van der Waals surface area contributed by atoms with Crippen LogP contribution in [-0.4, -0.2) is 51.4 Å². The molecule has 1 heterocycles. The number of ether oxygens (including phenoxy) is 5. The molecule has 0 spiro atoms. The van der Waals surface area contributed by atoms with Crippen LogP contribution in [0.1, 0.15) is 57.5 Å². The molecule has 0 aliphatic carbocycles. The van der Waals surface area contributed by atoms with Crippen LogP contribution in [0, 0.1) is 0 Å². The minimum atomic E-state index is -0.364. The first-order chi connectivity index (χ1) is 20.1. The van der Waals surface area contributed by atoms with Gasteiger partial charge in [-0.15, -0.1) is 0 Å². The van der Waals surface area contributed by atoms with E-state index in [1.165, 1.54) is 5.56 Å². The summed E-state index contributed by atoms with van der Waals surface area (Å²) in [5.74, 6) is 2.06. The minimum absolute atomic E-state index is 0.0552. The van der Waals surface area contributed by atoms with Gasteiger partial charge in [-0.05, 0) is 74.2 Å².